The number of rotatable bonds is 7. The molecule has 1 aliphatic carbocycles. The Kier molecular flexibility index (Phi) is 5.06. The van der Waals surface area contributed by atoms with Gasteiger partial charge in [-0.3, -0.25) is 19.6 Å². The first-order valence-electron chi connectivity index (χ1n) is 9.24. The van der Waals surface area contributed by atoms with E-state index in [0.29, 0.717) is 23.6 Å². The molecule has 26 heavy (non-hydrogen) atoms. The Morgan fingerprint density at radius 1 is 1.08 bits per heavy atom. The number of carbonyl (C=O) groups excluding carboxylic acids is 2. The summed E-state index contributed by atoms with van der Waals surface area (Å²) in [6, 6.07) is 7.02. The molecule has 2 heterocycles. The number of amides is 2. The molecule has 1 saturated carbocycles. The normalized spacial score (nSPS) is 17.3. The Hall–Kier alpha value is -2.15. The maximum absolute atomic E-state index is 12.3. The Bertz CT molecular complexity index is 778. The van der Waals surface area contributed by atoms with Crippen molar-refractivity contribution >= 4 is 23.6 Å². The zero-order chi connectivity index (χ0) is 17.9. The number of aromatic amines is 1. The maximum Gasteiger partial charge on any atom is 0.261 e. The van der Waals surface area contributed by atoms with Gasteiger partial charge in [-0.2, -0.15) is 0 Å². The minimum absolute atomic E-state index is 0.173. The Balaban J connectivity index is 1.21. The van der Waals surface area contributed by atoms with Gasteiger partial charge in [-0.15, -0.1) is 5.10 Å². The van der Waals surface area contributed by atoms with Crippen molar-refractivity contribution in [3.8, 4) is 0 Å². The van der Waals surface area contributed by atoms with Crippen molar-refractivity contribution in [3.05, 3.63) is 41.2 Å². The first-order valence-corrected chi connectivity index (χ1v) is 10.2. The van der Waals surface area contributed by atoms with Crippen LogP contribution in [0.3, 0.4) is 0 Å². The molecular formula is C19H22N4O2S. The first-order chi connectivity index (χ1) is 12.7. The summed E-state index contributed by atoms with van der Waals surface area (Å²) in [4.78, 5) is 30.6. The lowest BCUT2D eigenvalue weighted by molar-refractivity contribution is 0.0652. The van der Waals surface area contributed by atoms with Crippen LogP contribution in [0, 0.1) is 0 Å². The second kappa shape index (κ2) is 7.61. The number of imide groups is 1. The van der Waals surface area contributed by atoms with E-state index in [9.17, 15) is 9.59 Å². The van der Waals surface area contributed by atoms with Crippen LogP contribution in [0.1, 0.15) is 71.0 Å². The second-order valence-corrected chi connectivity index (χ2v) is 7.91. The average Bonchev–Trinajstić information content (AvgIpc) is 3.38. The highest BCUT2D eigenvalue weighted by Crippen LogP contribution is 2.32. The summed E-state index contributed by atoms with van der Waals surface area (Å²) in [6.07, 6.45) is 6.68. The molecule has 1 aliphatic heterocycles. The zero-order valence-electron chi connectivity index (χ0n) is 14.6. The molecule has 0 atom stereocenters. The summed E-state index contributed by atoms with van der Waals surface area (Å²) in [5.41, 5.74) is 1.04. The third kappa shape index (κ3) is 3.40. The summed E-state index contributed by atoms with van der Waals surface area (Å²) in [6.45, 7) is 0.466. The molecule has 1 aromatic heterocycles. The SMILES string of the molecule is O=C1c2ccccc2C(=O)N1CCCCSc1n[nH]c(C2CCCC2)n1. The van der Waals surface area contributed by atoms with Crippen LogP contribution in [-0.2, 0) is 0 Å². The lowest BCUT2D eigenvalue weighted by Crippen LogP contribution is -2.30. The standard InChI is InChI=1S/C19H22N4O2S/c24-17-14-9-3-4-10-15(14)18(25)23(17)11-5-6-12-26-19-20-16(21-22-19)13-7-1-2-8-13/h3-4,9-10,13H,1-2,5-8,11-12H2,(H,20,21,22). The molecule has 2 amide bonds. The summed E-state index contributed by atoms with van der Waals surface area (Å²) >= 11 is 1.63. The molecule has 1 fully saturated rings. The van der Waals surface area contributed by atoms with E-state index >= 15 is 0 Å². The number of benzene rings is 1. The molecule has 136 valence electrons. The van der Waals surface area contributed by atoms with Gasteiger partial charge in [-0.1, -0.05) is 36.7 Å². The van der Waals surface area contributed by atoms with Crippen LogP contribution in [0.4, 0.5) is 0 Å². The van der Waals surface area contributed by atoms with Crippen molar-refractivity contribution in [2.75, 3.05) is 12.3 Å². The van der Waals surface area contributed by atoms with Crippen LogP contribution >= 0.6 is 11.8 Å². The molecule has 6 nitrogen and oxygen atoms in total. The van der Waals surface area contributed by atoms with E-state index in [0.717, 1.165) is 29.6 Å². The Labute approximate surface area is 156 Å². The number of nitrogens with zero attached hydrogens (tertiary/aromatic N) is 3. The number of unbranched alkanes of at least 4 members (excludes halogenated alkanes) is 1. The zero-order valence-corrected chi connectivity index (χ0v) is 15.4. The molecule has 2 aliphatic rings. The minimum atomic E-state index is -0.173. The second-order valence-electron chi connectivity index (χ2n) is 6.85. The predicted octanol–water partition coefficient (Wildman–Crippen LogP) is 3.63. The van der Waals surface area contributed by atoms with E-state index in [4.69, 9.17) is 0 Å². The molecule has 0 bridgehead atoms. The quantitative estimate of drug-likeness (QED) is 0.457. The summed E-state index contributed by atoms with van der Waals surface area (Å²) < 4.78 is 0. The topological polar surface area (TPSA) is 79.0 Å². The summed E-state index contributed by atoms with van der Waals surface area (Å²) in [5, 5.41) is 8.17. The van der Waals surface area contributed by atoms with E-state index < -0.39 is 0 Å². The third-order valence-electron chi connectivity index (χ3n) is 5.11. The van der Waals surface area contributed by atoms with Crippen LogP contribution < -0.4 is 0 Å². The van der Waals surface area contributed by atoms with Crippen LogP contribution in [0.2, 0.25) is 0 Å². The molecule has 4 rings (SSSR count). The largest absolute Gasteiger partial charge is 0.274 e. The Morgan fingerprint density at radius 3 is 2.46 bits per heavy atom. The van der Waals surface area contributed by atoms with Crippen molar-refractivity contribution in [2.24, 2.45) is 0 Å². The van der Waals surface area contributed by atoms with Crippen molar-refractivity contribution in [1.82, 2.24) is 20.1 Å². The van der Waals surface area contributed by atoms with Crippen molar-refractivity contribution < 1.29 is 9.59 Å². The molecule has 0 unspecified atom stereocenters. The van der Waals surface area contributed by atoms with Gasteiger partial charge in [0.15, 0.2) is 0 Å². The number of H-pyrrole nitrogens is 1. The minimum Gasteiger partial charge on any atom is -0.274 e. The highest BCUT2D eigenvalue weighted by atomic mass is 32.2. The van der Waals surface area contributed by atoms with Crippen LogP contribution in [-0.4, -0.2) is 44.2 Å². The number of hydrogen-bond acceptors (Lipinski definition) is 5. The number of thioether (sulfide) groups is 1. The smallest absolute Gasteiger partial charge is 0.261 e. The van der Waals surface area contributed by atoms with E-state index in [1.807, 2.05) is 0 Å². The van der Waals surface area contributed by atoms with Gasteiger partial charge in [0.05, 0.1) is 11.1 Å². The highest BCUT2D eigenvalue weighted by Gasteiger charge is 2.34. The fraction of sp³-hybridized carbons (Fsp3) is 0.474. The number of nitrogens with one attached hydrogen (secondary N) is 1. The summed E-state index contributed by atoms with van der Waals surface area (Å²) in [5.74, 6) is 2.11. The van der Waals surface area contributed by atoms with E-state index in [1.165, 1.54) is 30.6 Å². The van der Waals surface area contributed by atoms with Crippen LogP contribution in [0.15, 0.2) is 29.4 Å². The van der Waals surface area contributed by atoms with Gasteiger partial charge in [0.1, 0.15) is 5.82 Å². The van der Waals surface area contributed by atoms with Crippen LogP contribution in [0.5, 0.6) is 0 Å². The molecule has 0 spiro atoms. The number of hydrogen-bond donors (Lipinski definition) is 1. The number of carbonyl (C=O) groups is 2. The highest BCUT2D eigenvalue weighted by molar-refractivity contribution is 7.99. The third-order valence-corrected chi connectivity index (χ3v) is 6.04. The molecule has 0 radical (unpaired) electrons. The van der Waals surface area contributed by atoms with Gasteiger partial charge >= 0.3 is 0 Å². The van der Waals surface area contributed by atoms with Gasteiger partial charge in [0.2, 0.25) is 5.16 Å². The van der Waals surface area contributed by atoms with Gasteiger partial charge in [0, 0.05) is 18.2 Å². The lowest BCUT2D eigenvalue weighted by Gasteiger charge is -2.13. The fourth-order valence-electron chi connectivity index (χ4n) is 3.68. The van der Waals surface area contributed by atoms with Crippen LogP contribution in [0.25, 0.3) is 0 Å². The molecular weight excluding hydrogens is 348 g/mol. The molecule has 7 heteroatoms. The van der Waals surface area contributed by atoms with Gasteiger partial charge in [0.25, 0.3) is 11.8 Å². The lowest BCUT2D eigenvalue weighted by atomic mass is 10.1. The molecule has 2 aromatic rings. The van der Waals surface area contributed by atoms with Crippen molar-refractivity contribution in [3.63, 3.8) is 0 Å². The predicted molar refractivity (Wildman–Crippen MR) is 99.4 cm³/mol. The molecule has 1 aromatic carbocycles. The van der Waals surface area contributed by atoms with Crippen molar-refractivity contribution in [2.45, 2.75) is 49.6 Å². The number of fused-ring (bicyclic) bond motifs is 1. The fourth-order valence-corrected chi connectivity index (χ4v) is 4.49. The monoisotopic (exact) mass is 370 g/mol. The van der Waals surface area contributed by atoms with Gasteiger partial charge < -0.3 is 0 Å². The number of aromatic nitrogens is 3. The summed E-state index contributed by atoms with van der Waals surface area (Å²) in [7, 11) is 0. The van der Waals surface area contributed by atoms with E-state index in [1.54, 1.807) is 36.0 Å². The first kappa shape index (κ1) is 17.3. The maximum atomic E-state index is 12.3. The van der Waals surface area contributed by atoms with E-state index in [-0.39, 0.29) is 11.8 Å². The molecule has 1 N–H and O–H groups in total. The van der Waals surface area contributed by atoms with Gasteiger partial charge in [-0.25, -0.2) is 4.98 Å². The Morgan fingerprint density at radius 2 is 1.77 bits per heavy atom. The average molecular weight is 370 g/mol. The van der Waals surface area contributed by atoms with Crippen molar-refractivity contribution in [1.29, 1.82) is 0 Å². The molecule has 0 saturated heterocycles. The van der Waals surface area contributed by atoms with Gasteiger partial charge in [-0.05, 0) is 37.8 Å². The van der Waals surface area contributed by atoms with E-state index in [2.05, 4.69) is 15.2 Å².